The molecule has 0 saturated heterocycles. The van der Waals surface area contributed by atoms with E-state index >= 15 is 0 Å². The number of rotatable bonds is 3. The van der Waals surface area contributed by atoms with E-state index in [9.17, 15) is 9.18 Å². The third-order valence-corrected chi connectivity index (χ3v) is 4.54. The van der Waals surface area contributed by atoms with Crippen LogP contribution >= 0.6 is 15.9 Å². The Hall–Kier alpha value is -0.900. The van der Waals surface area contributed by atoms with Crippen molar-refractivity contribution < 1.29 is 9.18 Å². The van der Waals surface area contributed by atoms with Crippen LogP contribution in [0.4, 0.5) is 4.39 Å². The van der Waals surface area contributed by atoms with Gasteiger partial charge in [0.15, 0.2) is 0 Å². The molecule has 0 radical (unpaired) electrons. The lowest BCUT2D eigenvalue weighted by Gasteiger charge is -2.26. The molecule has 0 atom stereocenters. The Labute approximate surface area is 121 Å². The van der Waals surface area contributed by atoms with Crippen molar-refractivity contribution in [1.82, 2.24) is 5.32 Å². The molecule has 1 aromatic carbocycles. The monoisotopic (exact) mass is 327 g/mol. The van der Waals surface area contributed by atoms with Gasteiger partial charge in [0.25, 0.3) is 5.91 Å². The van der Waals surface area contributed by atoms with Gasteiger partial charge in [0.05, 0.1) is 5.56 Å². The van der Waals surface area contributed by atoms with Crippen LogP contribution in [0.3, 0.4) is 0 Å². The van der Waals surface area contributed by atoms with Gasteiger partial charge in [-0.1, -0.05) is 25.8 Å². The fourth-order valence-corrected chi connectivity index (χ4v) is 3.10. The molecule has 104 valence electrons. The molecule has 0 bridgehead atoms. The van der Waals surface area contributed by atoms with E-state index in [2.05, 4.69) is 28.2 Å². The average Bonchev–Trinajstić information content (AvgIpc) is 2.38. The van der Waals surface area contributed by atoms with Crippen LogP contribution in [0.5, 0.6) is 0 Å². The van der Waals surface area contributed by atoms with Gasteiger partial charge >= 0.3 is 0 Å². The fourth-order valence-electron chi connectivity index (χ4n) is 2.57. The molecule has 2 nitrogen and oxygen atoms in total. The van der Waals surface area contributed by atoms with Crippen LogP contribution in [0, 0.1) is 17.7 Å². The van der Waals surface area contributed by atoms with E-state index in [-0.39, 0.29) is 11.5 Å². The molecule has 2 rings (SSSR count). The maximum Gasteiger partial charge on any atom is 0.255 e. The van der Waals surface area contributed by atoms with Crippen LogP contribution in [0.25, 0.3) is 0 Å². The standard InChI is InChI=1S/C15H19BrFNO/c1-10-5-7-11(8-6-10)9-18-15(19)14-12(16)3-2-4-13(14)17/h2-4,10-11H,5-9H2,1H3,(H,18,19). The number of amides is 1. The van der Waals surface area contributed by atoms with Crippen LogP contribution in [-0.4, -0.2) is 12.5 Å². The van der Waals surface area contributed by atoms with Crippen LogP contribution in [-0.2, 0) is 0 Å². The van der Waals surface area contributed by atoms with Crippen molar-refractivity contribution in [3.05, 3.63) is 34.1 Å². The van der Waals surface area contributed by atoms with Crippen LogP contribution in [0.15, 0.2) is 22.7 Å². The van der Waals surface area contributed by atoms with E-state index in [1.165, 1.54) is 18.9 Å². The molecule has 1 aromatic rings. The van der Waals surface area contributed by atoms with Gasteiger partial charge in [-0.25, -0.2) is 4.39 Å². The number of hydrogen-bond donors (Lipinski definition) is 1. The molecule has 19 heavy (non-hydrogen) atoms. The zero-order valence-electron chi connectivity index (χ0n) is 11.1. The lowest BCUT2D eigenvalue weighted by Crippen LogP contribution is -2.31. The quantitative estimate of drug-likeness (QED) is 0.887. The number of carbonyl (C=O) groups excluding carboxylic acids is 1. The highest BCUT2D eigenvalue weighted by Gasteiger charge is 2.20. The first-order valence-corrected chi connectivity index (χ1v) is 7.59. The highest BCUT2D eigenvalue weighted by atomic mass is 79.9. The Kier molecular flexibility index (Phi) is 4.97. The van der Waals surface area contributed by atoms with Crippen LogP contribution in [0.2, 0.25) is 0 Å². The van der Waals surface area contributed by atoms with Crippen molar-refractivity contribution in [2.24, 2.45) is 11.8 Å². The van der Waals surface area contributed by atoms with Crippen molar-refractivity contribution >= 4 is 21.8 Å². The molecule has 1 saturated carbocycles. The maximum atomic E-state index is 13.6. The summed E-state index contributed by atoms with van der Waals surface area (Å²) in [5.41, 5.74) is 0.103. The van der Waals surface area contributed by atoms with Gasteiger partial charge in [-0.15, -0.1) is 0 Å². The number of hydrogen-bond acceptors (Lipinski definition) is 1. The first-order valence-electron chi connectivity index (χ1n) is 6.80. The number of carbonyl (C=O) groups is 1. The number of nitrogens with one attached hydrogen (secondary N) is 1. The van der Waals surface area contributed by atoms with Crippen molar-refractivity contribution in [3.63, 3.8) is 0 Å². The number of halogens is 2. The van der Waals surface area contributed by atoms with E-state index in [1.807, 2.05) is 0 Å². The molecule has 0 unspecified atom stereocenters. The summed E-state index contributed by atoms with van der Waals surface area (Å²) >= 11 is 3.22. The summed E-state index contributed by atoms with van der Waals surface area (Å²) in [5.74, 6) is 0.520. The second kappa shape index (κ2) is 6.51. The molecule has 0 heterocycles. The van der Waals surface area contributed by atoms with Gasteiger partial charge in [-0.3, -0.25) is 4.79 Å². The van der Waals surface area contributed by atoms with Gasteiger partial charge in [0, 0.05) is 11.0 Å². The summed E-state index contributed by atoms with van der Waals surface area (Å²) in [4.78, 5) is 12.0. The highest BCUT2D eigenvalue weighted by molar-refractivity contribution is 9.10. The molecular weight excluding hydrogens is 309 g/mol. The number of benzene rings is 1. The molecule has 1 aliphatic rings. The summed E-state index contributed by atoms with van der Waals surface area (Å²) in [6.45, 7) is 2.91. The lowest BCUT2D eigenvalue weighted by molar-refractivity contribution is 0.0937. The van der Waals surface area contributed by atoms with Gasteiger partial charge in [-0.2, -0.15) is 0 Å². The Morgan fingerprint density at radius 3 is 2.68 bits per heavy atom. The van der Waals surface area contributed by atoms with Crippen molar-refractivity contribution in [3.8, 4) is 0 Å². The molecule has 0 spiro atoms. The second-order valence-corrected chi connectivity index (χ2v) is 6.29. The highest BCUT2D eigenvalue weighted by Crippen LogP contribution is 2.28. The third-order valence-electron chi connectivity index (χ3n) is 3.88. The maximum absolute atomic E-state index is 13.6. The topological polar surface area (TPSA) is 29.1 Å². The van der Waals surface area contributed by atoms with E-state index < -0.39 is 5.82 Å². The van der Waals surface area contributed by atoms with Crippen molar-refractivity contribution in [2.75, 3.05) is 6.54 Å². The smallest absolute Gasteiger partial charge is 0.255 e. The third kappa shape index (κ3) is 3.78. The van der Waals surface area contributed by atoms with E-state index in [4.69, 9.17) is 0 Å². The largest absolute Gasteiger partial charge is 0.352 e. The summed E-state index contributed by atoms with van der Waals surface area (Å²) in [6.07, 6.45) is 4.76. The second-order valence-electron chi connectivity index (χ2n) is 5.43. The van der Waals surface area contributed by atoms with Crippen molar-refractivity contribution in [2.45, 2.75) is 32.6 Å². The molecule has 1 N–H and O–H groups in total. The van der Waals surface area contributed by atoms with Gasteiger partial charge < -0.3 is 5.32 Å². The lowest BCUT2D eigenvalue weighted by atomic mass is 9.83. The summed E-state index contributed by atoms with van der Waals surface area (Å²) in [5, 5.41) is 2.86. The Morgan fingerprint density at radius 2 is 2.05 bits per heavy atom. The minimum absolute atomic E-state index is 0.103. The predicted octanol–water partition coefficient (Wildman–Crippen LogP) is 4.14. The molecule has 1 fully saturated rings. The first-order chi connectivity index (χ1) is 9.08. The molecule has 0 aromatic heterocycles. The first kappa shape index (κ1) is 14.5. The van der Waals surface area contributed by atoms with Gasteiger partial charge in [0.2, 0.25) is 0 Å². The van der Waals surface area contributed by atoms with E-state index in [0.29, 0.717) is 16.9 Å². The summed E-state index contributed by atoms with van der Waals surface area (Å²) in [6, 6.07) is 4.57. The van der Waals surface area contributed by atoms with Crippen molar-refractivity contribution in [1.29, 1.82) is 0 Å². The molecule has 1 aliphatic carbocycles. The normalized spacial score (nSPS) is 23.1. The van der Waals surface area contributed by atoms with Gasteiger partial charge in [-0.05, 0) is 52.7 Å². The van der Waals surface area contributed by atoms with E-state index in [1.54, 1.807) is 12.1 Å². The fraction of sp³-hybridized carbons (Fsp3) is 0.533. The average molecular weight is 328 g/mol. The zero-order valence-corrected chi connectivity index (χ0v) is 12.7. The van der Waals surface area contributed by atoms with E-state index in [0.717, 1.165) is 18.8 Å². The summed E-state index contributed by atoms with van der Waals surface area (Å²) < 4.78 is 14.1. The minimum Gasteiger partial charge on any atom is -0.352 e. The molecular formula is C15H19BrFNO. The van der Waals surface area contributed by atoms with Gasteiger partial charge in [0.1, 0.15) is 5.82 Å². The Balaban J connectivity index is 1.91. The summed E-state index contributed by atoms with van der Waals surface area (Å²) in [7, 11) is 0. The Bertz CT molecular complexity index is 435. The minimum atomic E-state index is -0.482. The predicted molar refractivity (Wildman–Crippen MR) is 77.6 cm³/mol. The van der Waals surface area contributed by atoms with Crippen LogP contribution in [0.1, 0.15) is 43.0 Å². The zero-order chi connectivity index (χ0) is 13.8. The molecule has 1 amide bonds. The molecule has 4 heteroatoms. The molecule has 0 aliphatic heterocycles. The SMILES string of the molecule is CC1CCC(CNC(=O)c2c(F)cccc2Br)CC1. The Morgan fingerprint density at radius 1 is 1.37 bits per heavy atom. The van der Waals surface area contributed by atoms with Crippen LogP contribution < -0.4 is 5.32 Å².